The molecule has 2 aromatic rings. The van der Waals surface area contributed by atoms with Crippen molar-refractivity contribution in [3.8, 4) is 0 Å². The molecule has 0 spiro atoms. The molecule has 0 unspecified atom stereocenters. The molecule has 16 heteroatoms. The van der Waals surface area contributed by atoms with Crippen LogP contribution in [0.4, 0.5) is 14.5 Å². The normalized spacial score (nSPS) is 29.0. The van der Waals surface area contributed by atoms with E-state index in [-0.39, 0.29) is 58.5 Å². The number of anilines is 1. The first-order chi connectivity index (χ1) is 22.8. The number of carbonyl (C=O) groups excluding carboxylic acids is 2. The number of benzene rings is 1. The van der Waals surface area contributed by atoms with E-state index >= 15 is 8.78 Å². The Kier molecular flexibility index (Phi) is 8.02. The van der Waals surface area contributed by atoms with Gasteiger partial charge in [0.25, 0.3) is 0 Å². The number of thioether (sulfide) groups is 1. The van der Waals surface area contributed by atoms with Gasteiger partial charge < -0.3 is 40.3 Å². The van der Waals surface area contributed by atoms with Crippen LogP contribution in [0.3, 0.4) is 0 Å². The zero-order valence-corrected chi connectivity index (χ0v) is 26.9. The van der Waals surface area contributed by atoms with E-state index < -0.39 is 70.6 Å². The van der Waals surface area contributed by atoms with Gasteiger partial charge in [-0.15, -0.1) is 11.8 Å². The fourth-order valence-corrected chi connectivity index (χ4v) is 9.23. The zero-order chi connectivity index (χ0) is 34.3. The van der Waals surface area contributed by atoms with Gasteiger partial charge in [0.15, 0.2) is 5.82 Å². The summed E-state index contributed by atoms with van der Waals surface area (Å²) in [6.45, 7) is 4.12. The highest BCUT2D eigenvalue weighted by Crippen LogP contribution is 2.52. The van der Waals surface area contributed by atoms with E-state index in [1.807, 2.05) is 6.92 Å². The van der Waals surface area contributed by atoms with Crippen LogP contribution in [0, 0.1) is 23.5 Å². The number of amides is 2. The van der Waals surface area contributed by atoms with Gasteiger partial charge in [-0.2, -0.15) is 0 Å². The number of nitrogens with zero attached hydrogens (tertiary/aromatic N) is 3. The quantitative estimate of drug-likeness (QED) is 0.242. The molecule has 13 nitrogen and oxygen atoms in total. The molecule has 0 radical (unpaired) electrons. The first-order valence-corrected chi connectivity index (χ1v) is 16.9. The predicted octanol–water partition coefficient (Wildman–Crippen LogP) is 1.63. The minimum atomic E-state index is -1.47. The predicted molar refractivity (Wildman–Crippen MR) is 170 cm³/mol. The van der Waals surface area contributed by atoms with Gasteiger partial charge in [-0.05, 0) is 38.7 Å². The molecule has 48 heavy (non-hydrogen) atoms. The number of aliphatic carboxylic acids is 1. The molecule has 7 atom stereocenters. The average molecular weight is 688 g/mol. The maximum atomic E-state index is 16.1. The van der Waals surface area contributed by atoms with Gasteiger partial charge in [0.2, 0.25) is 17.2 Å². The van der Waals surface area contributed by atoms with E-state index in [1.165, 1.54) is 33.1 Å². The lowest BCUT2D eigenvalue weighted by molar-refractivity contribution is -0.163. The number of aromatic nitrogens is 1. The SMILES string of the molecule is C[C@@H](O)[C@H]1C(=O)N2C(C(=O)O)=C(S[C@@H]3CN[C@H](C(=O)N[C@H]4CCN(c5c(F)cc6c(=O)c(C(=O)O)cn(C7CC7)c6c5F)C4)C3)[C@H](C)[C@H]12. The average Bonchev–Trinajstić information content (AvgIpc) is 3.48. The minimum absolute atomic E-state index is 0.0667. The maximum absolute atomic E-state index is 16.1. The lowest BCUT2D eigenvalue weighted by atomic mass is 9.79. The lowest BCUT2D eigenvalue weighted by Crippen LogP contribution is -2.63. The molecule has 5 N–H and O–H groups in total. The third-order valence-electron chi connectivity index (χ3n) is 10.2. The summed E-state index contributed by atoms with van der Waals surface area (Å²) in [5, 5.41) is 35.1. The van der Waals surface area contributed by atoms with Crippen LogP contribution in [0.25, 0.3) is 10.9 Å². The molecule has 1 saturated carbocycles. The van der Waals surface area contributed by atoms with Gasteiger partial charge in [-0.25, -0.2) is 18.4 Å². The van der Waals surface area contributed by atoms with Gasteiger partial charge in [-0.1, -0.05) is 6.92 Å². The molecule has 2 amide bonds. The van der Waals surface area contributed by atoms with E-state index in [0.717, 1.165) is 12.3 Å². The Morgan fingerprint density at radius 2 is 1.85 bits per heavy atom. The third-order valence-corrected chi connectivity index (χ3v) is 11.7. The molecular formula is C32H35F2N5O8S. The van der Waals surface area contributed by atoms with Crippen molar-refractivity contribution in [2.75, 3.05) is 24.5 Å². The number of nitrogens with one attached hydrogen (secondary N) is 2. The Bertz CT molecular complexity index is 1860. The van der Waals surface area contributed by atoms with E-state index in [2.05, 4.69) is 10.6 Å². The van der Waals surface area contributed by atoms with Crippen LogP contribution in [-0.4, -0.2) is 97.7 Å². The van der Waals surface area contributed by atoms with Crippen LogP contribution in [0.5, 0.6) is 0 Å². The molecule has 7 rings (SSSR count). The number of aromatic carboxylic acids is 1. The van der Waals surface area contributed by atoms with Crippen LogP contribution in [-0.2, 0) is 14.4 Å². The summed E-state index contributed by atoms with van der Waals surface area (Å²) in [7, 11) is 0. The summed E-state index contributed by atoms with van der Waals surface area (Å²) < 4.78 is 32.9. The molecule has 3 saturated heterocycles. The smallest absolute Gasteiger partial charge is 0.353 e. The second-order valence-corrected chi connectivity index (χ2v) is 14.7. The van der Waals surface area contributed by atoms with E-state index in [9.17, 15) is 39.3 Å². The van der Waals surface area contributed by atoms with Gasteiger partial charge in [0.05, 0.1) is 35.0 Å². The standard InChI is InChI=1S/C32H35F2N5O8S/c1-12-23-21(13(2)40)30(43)39(23)26(32(46)47)28(12)48-16-7-20(35-9-16)29(42)36-14-5-6-37(10-14)25-19(33)8-17-24(22(25)34)38(15-3-4-15)11-18(27(17)41)31(44)45/h8,11-16,20-21,23,35,40H,3-7,9-10H2,1-2H3,(H,36,42)(H,44,45)(H,46,47)/t12-,13-,14+,16+,20+,21-,23-/m1/s1. The minimum Gasteiger partial charge on any atom is -0.477 e. The monoisotopic (exact) mass is 687 g/mol. The Labute approximate surface area is 276 Å². The molecule has 1 aliphatic carbocycles. The summed E-state index contributed by atoms with van der Waals surface area (Å²) in [4.78, 5) is 65.8. The topological polar surface area (TPSA) is 182 Å². The molecular weight excluding hydrogens is 652 g/mol. The Balaban J connectivity index is 1.02. The number of rotatable bonds is 9. The molecule has 4 aliphatic heterocycles. The Hall–Kier alpha value is -4.02. The van der Waals surface area contributed by atoms with Crippen molar-refractivity contribution >= 4 is 52.1 Å². The molecule has 5 aliphatic rings. The number of aliphatic hydroxyl groups excluding tert-OH is 1. The number of aliphatic hydroxyl groups is 1. The molecule has 1 aromatic carbocycles. The van der Waals surface area contributed by atoms with Crippen molar-refractivity contribution < 1.29 is 43.3 Å². The number of hydrogen-bond acceptors (Lipinski definition) is 9. The molecule has 1 aromatic heterocycles. The van der Waals surface area contributed by atoms with Gasteiger partial charge in [0.1, 0.15) is 22.8 Å². The summed E-state index contributed by atoms with van der Waals surface area (Å²) >= 11 is 1.33. The molecule has 4 fully saturated rings. The molecule has 5 heterocycles. The zero-order valence-electron chi connectivity index (χ0n) is 26.1. The van der Waals surface area contributed by atoms with Crippen molar-refractivity contribution in [1.29, 1.82) is 0 Å². The number of β-lactam (4-membered cyclic amide) rings is 1. The largest absolute Gasteiger partial charge is 0.477 e. The highest BCUT2D eigenvalue weighted by Gasteiger charge is 2.60. The lowest BCUT2D eigenvalue weighted by Gasteiger charge is -2.46. The maximum Gasteiger partial charge on any atom is 0.353 e. The number of carboxylic acids is 2. The number of halogens is 2. The van der Waals surface area contributed by atoms with Crippen molar-refractivity contribution in [2.24, 2.45) is 11.8 Å². The van der Waals surface area contributed by atoms with Crippen molar-refractivity contribution in [1.82, 2.24) is 20.1 Å². The highest BCUT2D eigenvalue weighted by atomic mass is 32.2. The summed E-state index contributed by atoms with van der Waals surface area (Å²) in [6, 6.07) is -0.733. The fraction of sp³-hybridized carbons (Fsp3) is 0.531. The summed E-state index contributed by atoms with van der Waals surface area (Å²) in [6.07, 6.45) is 2.37. The van der Waals surface area contributed by atoms with E-state index in [1.54, 1.807) is 0 Å². The number of hydrogen-bond donors (Lipinski definition) is 5. The highest BCUT2D eigenvalue weighted by molar-refractivity contribution is 8.03. The molecule has 256 valence electrons. The Morgan fingerprint density at radius 3 is 2.50 bits per heavy atom. The van der Waals surface area contributed by atoms with Crippen molar-refractivity contribution in [3.05, 3.63) is 50.3 Å². The Morgan fingerprint density at radius 1 is 1.12 bits per heavy atom. The van der Waals surface area contributed by atoms with E-state index in [4.69, 9.17) is 0 Å². The van der Waals surface area contributed by atoms with Crippen LogP contribution in [0.15, 0.2) is 27.7 Å². The molecule has 0 bridgehead atoms. The number of carbonyl (C=O) groups is 4. The van der Waals surface area contributed by atoms with Crippen LogP contribution < -0.4 is 21.0 Å². The fourth-order valence-electron chi connectivity index (χ4n) is 7.75. The van der Waals surface area contributed by atoms with Crippen molar-refractivity contribution in [3.63, 3.8) is 0 Å². The first-order valence-electron chi connectivity index (χ1n) is 16.0. The van der Waals surface area contributed by atoms with Crippen LogP contribution >= 0.6 is 11.8 Å². The number of fused-ring (bicyclic) bond motifs is 2. The summed E-state index contributed by atoms with van der Waals surface area (Å²) in [5.74, 6) is -6.28. The number of carboxylic acid groups (broad SMARTS) is 2. The van der Waals surface area contributed by atoms with E-state index in [0.29, 0.717) is 37.1 Å². The summed E-state index contributed by atoms with van der Waals surface area (Å²) in [5.41, 5.74) is -2.04. The van der Waals surface area contributed by atoms with Gasteiger partial charge in [-0.3, -0.25) is 14.4 Å². The third kappa shape index (κ3) is 5.15. The second kappa shape index (κ2) is 11.8. The number of pyridine rings is 1. The second-order valence-electron chi connectivity index (χ2n) is 13.4. The van der Waals surface area contributed by atoms with Crippen LogP contribution in [0.2, 0.25) is 0 Å². The first kappa shape index (κ1) is 32.5. The van der Waals surface area contributed by atoms with Gasteiger partial charge in [0, 0.05) is 54.0 Å². The van der Waals surface area contributed by atoms with Gasteiger partial charge >= 0.3 is 11.9 Å². The van der Waals surface area contributed by atoms with Crippen molar-refractivity contribution in [2.45, 2.75) is 75.1 Å². The van der Waals surface area contributed by atoms with Crippen LogP contribution in [0.1, 0.15) is 55.9 Å².